The molecule has 0 rings (SSSR count). The van der Waals surface area contributed by atoms with Gasteiger partial charge < -0.3 is 10.2 Å². The molecule has 74 valence electrons. The topological polar surface area (TPSA) is 15.3 Å². The van der Waals surface area contributed by atoms with Gasteiger partial charge in [-0.2, -0.15) is 0 Å². The fraction of sp³-hybridized carbons (Fsp3) is 1.00. The van der Waals surface area contributed by atoms with Crippen LogP contribution in [0.3, 0.4) is 0 Å². The van der Waals surface area contributed by atoms with Gasteiger partial charge in [0.05, 0.1) is 0 Å². The van der Waals surface area contributed by atoms with Crippen LogP contribution in [0.4, 0.5) is 0 Å². The summed E-state index contributed by atoms with van der Waals surface area (Å²) in [5.74, 6) is 0. The second kappa shape index (κ2) is 7.56. The van der Waals surface area contributed by atoms with Crippen LogP contribution in [0.2, 0.25) is 0 Å². The molecule has 1 unspecified atom stereocenters. The van der Waals surface area contributed by atoms with E-state index in [9.17, 15) is 0 Å². The lowest BCUT2D eigenvalue weighted by molar-refractivity contribution is 0.302. The average Bonchev–Trinajstić information content (AvgIpc) is 2.03. The average molecular weight is 172 g/mol. The fourth-order valence-corrected chi connectivity index (χ4v) is 0.994. The summed E-state index contributed by atoms with van der Waals surface area (Å²) >= 11 is 0. The Bertz CT molecular complexity index is 91.8. The van der Waals surface area contributed by atoms with E-state index in [4.69, 9.17) is 0 Å². The lowest BCUT2D eigenvalue weighted by Gasteiger charge is -2.19. The van der Waals surface area contributed by atoms with Crippen LogP contribution in [0.15, 0.2) is 0 Å². The number of nitrogens with zero attached hydrogens (tertiary/aromatic N) is 1. The standard InChI is InChI=1S/C10H24N2/c1-5-6-7-8-11-9-10(2)12(3)4/h10-11H,5-9H2,1-4H3. The van der Waals surface area contributed by atoms with Gasteiger partial charge in [0.15, 0.2) is 0 Å². The van der Waals surface area contributed by atoms with E-state index in [-0.39, 0.29) is 0 Å². The van der Waals surface area contributed by atoms with E-state index in [1.54, 1.807) is 0 Å². The highest BCUT2D eigenvalue weighted by molar-refractivity contribution is 4.62. The van der Waals surface area contributed by atoms with Gasteiger partial charge >= 0.3 is 0 Å². The second-order valence-electron chi connectivity index (χ2n) is 3.72. The van der Waals surface area contributed by atoms with E-state index in [1.165, 1.54) is 25.8 Å². The van der Waals surface area contributed by atoms with Crippen molar-refractivity contribution in [1.82, 2.24) is 10.2 Å². The summed E-state index contributed by atoms with van der Waals surface area (Å²) < 4.78 is 0. The zero-order valence-electron chi connectivity index (χ0n) is 9.06. The van der Waals surface area contributed by atoms with Crippen molar-refractivity contribution in [2.45, 2.75) is 39.2 Å². The minimum atomic E-state index is 0.645. The first kappa shape index (κ1) is 11.9. The fourth-order valence-electron chi connectivity index (χ4n) is 0.994. The highest BCUT2D eigenvalue weighted by atomic mass is 15.1. The SMILES string of the molecule is CCCCCNCC(C)N(C)C. The van der Waals surface area contributed by atoms with Crippen molar-refractivity contribution in [3.63, 3.8) is 0 Å². The molecule has 0 bridgehead atoms. The van der Waals surface area contributed by atoms with Crippen molar-refractivity contribution in [3.8, 4) is 0 Å². The normalized spacial score (nSPS) is 13.8. The van der Waals surface area contributed by atoms with Crippen molar-refractivity contribution in [3.05, 3.63) is 0 Å². The van der Waals surface area contributed by atoms with Crippen LogP contribution in [0.25, 0.3) is 0 Å². The monoisotopic (exact) mass is 172 g/mol. The molecule has 0 aromatic carbocycles. The molecule has 1 N–H and O–H groups in total. The van der Waals surface area contributed by atoms with Gasteiger partial charge in [-0.05, 0) is 34.0 Å². The number of nitrogens with one attached hydrogen (secondary N) is 1. The van der Waals surface area contributed by atoms with Crippen LogP contribution >= 0.6 is 0 Å². The quantitative estimate of drug-likeness (QED) is 0.588. The van der Waals surface area contributed by atoms with Crippen LogP contribution < -0.4 is 5.32 Å². The summed E-state index contributed by atoms with van der Waals surface area (Å²) in [6.07, 6.45) is 3.98. The molecule has 0 saturated heterocycles. The van der Waals surface area contributed by atoms with Crippen molar-refractivity contribution < 1.29 is 0 Å². The Morgan fingerprint density at radius 3 is 2.42 bits per heavy atom. The van der Waals surface area contributed by atoms with Crippen LogP contribution in [-0.4, -0.2) is 38.1 Å². The lowest BCUT2D eigenvalue weighted by Crippen LogP contribution is -2.35. The first-order chi connectivity index (χ1) is 5.68. The molecule has 0 heterocycles. The molecule has 0 aliphatic rings. The molecular weight excluding hydrogens is 148 g/mol. The Hall–Kier alpha value is -0.0800. The number of likely N-dealkylation sites (N-methyl/N-ethyl adjacent to an activating group) is 1. The Morgan fingerprint density at radius 2 is 1.92 bits per heavy atom. The molecule has 0 saturated carbocycles. The molecule has 1 atom stereocenters. The minimum absolute atomic E-state index is 0.645. The second-order valence-corrected chi connectivity index (χ2v) is 3.72. The zero-order valence-corrected chi connectivity index (χ0v) is 9.06. The maximum absolute atomic E-state index is 3.46. The predicted octanol–water partition coefficient (Wildman–Crippen LogP) is 1.72. The molecule has 12 heavy (non-hydrogen) atoms. The highest BCUT2D eigenvalue weighted by Gasteiger charge is 2.01. The Kier molecular flexibility index (Phi) is 7.51. The number of unbranched alkanes of at least 4 members (excludes halogenated alkanes) is 2. The van der Waals surface area contributed by atoms with Gasteiger partial charge in [-0.1, -0.05) is 19.8 Å². The van der Waals surface area contributed by atoms with Gasteiger partial charge in [-0.3, -0.25) is 0 Å². The van der Waals surface area contributed by atoms with E-state index >= 15 is 0 Å². The molecule has 0 amide bonds. The summed E-state index contributed by atoms with van der Waals surface area (Å²) in [6.45, 7) is 6.76. The Labute approximate surface area is 77.3 Å². The highest BCUT2D eigenvalue weighted by Crippen LogP contribution is 1.92. The largest absolute Gasteiger partial charge is 0.315 e. The molecule has 0 aliphatic heterocycles. The maximum atomic E-state index is 3.46. The number of hydrogen-bond donors (Lipinski definition) is 1. The van der Waals surface area contributed by atoms with E-state index in [0.29, 0.717) is 6.04 Å². The van der Waals surface area contributed by atoms with Crippen molar-refractivity contribution >= 4 is 0 Å². The van der Waals surface area contributed by atoms with E-state index < -0.39 is 0 Å². The van der Waals surface area contributed by atoms with Gasteiger partial charge in [0, 0.05) is 12.6 Å². The molecule has 2 heteroatoms. The van der Waals surface area contributed by atoms with Crippen LogP contribution in [-0.2, 0) is 0 Å². The number of hydrogen-bond acceptors (Lipinski definition) is 2. The molecule has 0 aromatic rings. The first-order valence-corrected chi connectivity index (χ1v) is 5.05. The van der Waals surface area contributed by atoms with E-state index in [1.807, 2.05) is 0 Å². The van der Waals surface area contributed by atoms with Gasteiger partial charge in [0.2, 0.25) is 0 Å². The Morgan fingerprint density at radius 1 is 1.25 bits per heavy atom. The van der Waals surface area contributed by atoms with Crippen LogP contribution in [0.1, 0.15) is 33.1 Å². The van der Waals surface area contributed by atoms with Gasteiger partial charge in [0.25, 0.3) is 0 Å². The lowest BCUT2D eigenvalue weighted by atomic mass is 10.2. The van der Waals surface area contributed by atoms with Gasteiger partial charge in [-0.25, -0.2) is 0 Å². The summed E-state index contributed by atoms with van der Waals surface area (Å²) in [5.41, 5.74) is 0. The smallest absolute Gasteiger partial charge is 0.0186 e. The summed E-state index contributed by atoms with van der Waals surface area (Å²) in [7, 11) is 4.25. The van der Waals surface area contributed by atoms with Crippen molar-refractivity contribution in [2.75, 3.05) is 27.2 Å². The molecule has 0 radical (unpaired) electrons. The summed E-state index contributed by atoms with van der Waals surface area (Å²) in [6, 6.07) is 0.645. The maximum Gasteiger partial charge on any atom is 0.0186 e. The van der Waals surface area contributed by atoms with Gasteiger partial charge in [0.1, 0.15) is 0 Å². The van der Waals surface area contributed by atoms with E-state index in [2.05, 4.69) is 38.2 Å². The summed E-state index contributed by atoms with van der Waals surface area (Å²) in [4.78, 5) is 2.24. The molecule has 2 nitrogen and oxygen atoms in total. The third-order valence-electron chi connectivity index (χ3n) is 2.28. The molecule has 0 fully saturated rings. The molecule has 0 spiro atoms. The van der Waals surface area contributed by atoms with Crippen LogP contribution in [0.5, 0.6) is 0 Å². The third-order valence-corrected chi connectivity index (χ3v) is 2.28. The predicted molar refractivity (Wildman–Crippen MR) is 55.5 cm³/mol. The van der Waals surface area contributed by atoms with Crippen molar-refractivity contribution in [2.24, 2.45) is 0 Å². The van der Waals surface area contributed by atoms with Crippen LogP contribution in [0, 0.1) is 0 Å². The van der Waals surface area contributed by atoms with Crippen molar-refractivity contribution in [1.29, 1.82) is 0 Å². The Balaban J connectivity index is 3.08. The zero-order chi connectivity index (χ0) is 9.40. The van der Waals surface area contributed by atoms with Gasteiger partial charge in [-0.15, -0.1) is 0 Å². The molecule has 0 aromatic heterocycles. The third kappa shape index (κ3) is 6.62. The first-order valence-electron chi connectivity index (χ1n) is 5.05. The minimum Gasteiger partial charge on any atom is -0.315 e. The molecular formula is C10H24N2. The van der Waals surface area contributed by atoms with E-state index in [0.717, 1.165) is 6.54 Å². The number of rotatable bonds is 7. The molecule has 0 aliphatic carbocycles. The summed E-state index contributed by atoms with van der Waals surface area (Å²) in [5, 5.41) is 3.46.